The Morgan fingerprint density at radius 3 is 2.32 bits per heavy atom. The molecule has 0 aromatic heterocycles. The summed E-state index contributed by atoms with van der Waals surface area (Å²) in [4.78, 5) is 29.0. The van der Waals surface area contributed by atoms with E-state index in [0.717, 1.165) is 30.6 Å². The number of likely N-dealkylation sites (tertiary alicyclic amines) is 1. The number of nitrogens with zero attached hydrogens (tertiary/aromatic N) is 2. The van der Waals surface area contributed by atoms with Crippen molar-refractivity contribution in [2.75, 3.05) is 26.7 Å². The average Bonchev–Trinajstić information content (AvgIpc) is 2.57. The molecule has 4 unspecified atom stereocenters. The van der Waals surface area contributed by atoms with E-state index >= 15 is 0 Å². The van der Waals surface area contributed by atoms with Gasteiger partial charge in [-0.15, -0.1) is 0 Å². The maximum Gasteiger partial charge on any atom is 0.254 e. The van der Waals surface area contributed by atoms with Gasteiger partial charge in [0.15, 0.2) is 6.10 Å². The third-order valence-corrected chi connectivity index (χ3v) is 5.33. The number of hydrogen-bond donors (Lipinski definition) is 0. The van der Waals surface area contributed by atoms with Crippen molar-refractivity contribution in [3.63, 3.8) is 0 Å². The molecule has 4 atom stereocenters. The van der Waals surface area contributed by atoms with Gasteiger partial charge in [-0.1, -0.05) is 43.7 Å². The number of ether oxygens (including phenoxy) is 1. The summed E-state index contributed by atoms with van der Waals surface area (Å²) in [6.07, 6.45) is 0.512. The second kappa shape index (κ2) is 7.16. The Hall–Kier alpha value is -1.88. The summed E-state index contributed by atoms with van der Waals surface area (Å²) in [6, 6.07) is 7.62. The van der Waals surface area contributed by atoms with Gasteiger partial charge in [0, 0.05) is 20.1 Å². The molecule has 1 aromatic rings. The predicted octanol–water partition coefficient (Wildman–Crippen LogP) is 2.40. The zero-order valence-electron chi connectivity index (χ0n) is 15.6. The van der Waals surface area contributed by atoms with Crippen LogP contribution in [0.25, 0.3) is 0 Å². The van der Waals surface area contributed by atoms with Crippen molar-refractivity contribution in [3.05, 3.63) is 35.4 Å². The second-order valence-corrected chi connectivity index (χ2v) is 7.78. The van der Waals surface area contributed by atoms with Gasteiger partial charge in [-0.3, -0.25) is 9.59 Å². The first-order valence-corrected chi connectivity index (χ1v) is 9.09. The van der Waals surface area contributed by atoms with Crippen molar-refractivity contribution < 1.29 is 14.3 Å². The molecule has 0 N–H and O–H groups in total. The fraction of sp³-hybridized carbons (Fsp3) is 0.600. The molecule has 2 heterocycles. The Bertz CT molecular complexity index is 633. The molecule has 0 aliphatic carbocycles. The molecule has 1 aromatic carbocycles. The monoisotopic (exact) mass is 344 g/mol. The van der Waals surface area contributed by atoms with Crippen LogP contribution in [0.2, 0.25) is 0 Å². The summed E-state index contributed by atoms with van der Waals surface area (Å²) >= 11 is 0. The van der Waals surface area contributed by atoms with E-state index in [4.69, 9.17) is 4.74 Å². The molecule has 3 rings (SSSR count). The van der Waals surface area contributed by atoms with Gasteiger partial charge in [-0.2, -0.15) is 0 Å². The first-order valence-electron chi connectivity index (χ1n) is 9.09. The van der Waals surface area contributed by atoms with E-state index in [-0.39, 0.29) is 24.5 Å². The largest absolute Gasteiger partial charge is 0.356 e. The summed E-state index contributed by atoms with van der Waals surface area (Å²) in [5, 5.41) is 0. The maximum atomic E-state index is 13.2. The van der Waals surface area contributed by atoms with E-state index in [0.29, 0.717) is 11.8 Å². The van der Waals surface area contributed by atoms with Crippen LogP contribution in [0.4, 0.5) is 0 Å². The highest BCUT2D eigenvalue weighted by Gasteiger charge is 2.42. The number of carbonyl (C=O) groups is 2. The van der Waals surface area contributed by atoms with E-state index in [1.807, 2.05) is 36.1 Å². The van der Waals surface area contributed by atoms with Gasteiger partial charge in [0.1, 0.15) is 6.61 Å². The Morgan fingerprint density at radius 2 is 1.72 bits per heavy atom. The van der Waals surface area contributed by atoms with Crippen LogP contribution in [0, 0.1) is 18.8 Å². The SMILES string of the molecule is Cc1ccc(C2C(C(=O)N3CC(C)CC(C)C3)OCC(=O)N2C)cc1. The van der Waals surface area contributed by atoms with Gasteiger partial charge in [0.05, 0.1) is 6.04 Å². The number of hydrogen-bond acceptors (Lipinski definition) is 3. The van der Waals surface area contributed by atoms with Gasteiger partial charge >= 0.3 is 0 Å². The number of carbonyl (C=O) groups excluding carboxylic acids is 2. The minimum absolute atomic E-state index is 0.00308. The number of benzene rings is 1. The lowest BCUT2D eigenvalue weighted by molar-refractivity contribution is -0.168. The molecular formula is C20H28N2O3. The second-order valence-electron chi connectivity index (χ2n) is 7.78. The van der Waals surface area contributed by atoms with Crippen LogP contribution in [0.3, 0.4) is 0 Å². The van der Waals surface area contributed by atoms with Gasteiger partial charge in [0.2, 0.25) is 5.91 Å². The average molecular weight is 344 g/mol. The normalized spacial score (nSPS) is 30.5. The van der Waals surface area contributed by atoms with Crippen molar-refractivity contribution in [3.8, 4) is 0 Å². The van der Waals surface area contributed by atoms with E-state index in [2.05, 4.69) is 13.8 Å². The van der Waals surface area contributed by atoms with E-state index in [1.54, 1.807) is 11.9 Å². The topological polar surface area (TPSA) is 49.9 Å². The molecule has 25 heavy (non-hydrogen) atoms. The number of morpholine rings is 1. The van der Waals surface area contributed by atoms with E-state index < -0.39 is 6.10 Å². The van der Waals surface area contributed by atoms with Crippen LogP contribution in [0.5, 0.6) is 0 Å². The quantitative estimate of drug-likeness (QED) is 0.828. The standard InChI is InChI=1S/C20H28N2O3/c1-13-5-7-16(8-6-13)18-19(25-12-17(23)21(18)4)20(24)22-10-14(2)9-15(3)11-22/h5-8,14-15,18-19H,9-12H2,1-4H3. The van der Waals surface area contributed by atoms with Crippen LogP contribution in [-0.2, 0) is 14.3 Å². The molecule has 2 amide bonds. The maximum absolute atomic E-state index is 13.2. The van der Waals surface area contributed by atoms with Crippen molar-refractivity contribution in [1.29, 1.82) is 0 Å². The van der Waals surface area contributed by atoms with Crippen LogP contribution in [-0.4, -0.2) is 54.5 Å². The highest BCUT2D eigenvalue weighted by atomic mass is 16.5. The fourth-order valence-corrected chi connectivity index (χ4v) is 4.10. The predicted molar refractivity (Wildman–Crippen MR) is 96.0 cm³/mol. The molecule has 0 bridgehead atoms. The van der Waals surface area contributed by atoms with Crippen molar-refractivity contribution in [2.24, 2.45) is 11.8 Å². The molecule has 136 valence electrons. The smallest absolute Gasteiger partial charge is 0.254 e. The third kappa shape index (κ3) is 3.71. The summed E-state index contributed by atoms with van der Waals surface area (Å²) in [6.45, 7) is 7.89. The van der Waals surface area contributed by atoms with E-state index in [9.17, 15) is 9.59 Å². The number of aryl methyl sites for hydroxylation is 1. The molecule has 5 heteroatoms. The van der Waals surface area contributed by atoms with Crippen molar-refractivity contribution in [1.82, 2.24) is 9.80 Å². The molecule has 2 fully saturated rings. The molecule has 0 radical (unpaired) electrons. The molecule has 2 saturated heterocycles. The van der Waals surface area contributed by atoms with Crippen molar-refractivity contribution >= 4 is 11.8 Å². The van der Waals surface area contributed by atoms with Crippen LogP contribution in [0.1, 0.15) is 37.4 Å². The highest BCUT2D eigenvalue weighted by Crippen LogP contribution is 2.32. The molecular weight excluding hydrogens is 316 g/mol. The van der Waals surface area contributed by atoms with Crippen molar-refractivity contribution in [2.45, 2.75) is 39.3 Å². The van der Waals surface area contributed by atoms with Crippen LogP contribution in [0.15, 0.2) is 24.3 Å². The van der Waals surface area contributed by atoms with E-state index in [1.165, 1.54) is 0 Å². The fourth-order valence-electron chi connectivity index (χ4n) is 4.10. The summed E-state index contributed by atoms with van der Waals surface area (Å²) in [5.41, 5.74) is 2.09. The molecule has 2 aliphatic heterocycles. The van der Waals surface area contributed by atoms with Gasteiger partial charge in [-0.25, -0.2) is 0 Å². The molecule has 0 saturated carbocycles. The van der Waals surface area contributed by atoms with Gasteiger partial charge in [0.25, 0.3) is 5.91 Å². The lowest BCUT2D eigenvalue weighted by Crippen LogP contribution is -2.55. The minimum Gasteiger partial charge on any atom is -0.356 e. The van der Waals surface area contributed by atoms with Crippen LogP contribution < -0.4 is 0 Å². The number of amides is 2. The lowest BCUT2D eigenvalue weighted by atomic mass is 9.90. The molecule has 2 aliphatic rings. The highest BCUT2D eigenvalue weighted by molar-refractivity contribution is 5.86. The lowest BCUT2D eigenvalue weighted by Gasteiger charge is -2.42. The number of piperidine rings is 1. The molecule has 5 nitrogen and oxygen atoms in total. The minimum atomic E-state index is -0.636. The van der Waals surface area contributed by atoms with Crippen LogP contribution >= 0.6 is 0 Å². The summed E-state index contributed by atoms with van der Waals surface area (Å²) in [5.74, 6) is 0.903. The zero-order chi connectivity index (χ0) is 18.1. The Morgan fingerprint density at radius 1 is 1.12 bits per heavy atom. The summed E-state index contributed by atoms with van der Waals surface area (Å²) < 4.78 is 5.76. The zero-order valence-corrected chi connectivity index (χ0v) is 15.6. The molecule has 0 spiro atoms. The Labute approximate surface area is 149 Å². The summed E-state index contributed by atoms with van der Waals surface area (Å²) in [7, 11) is 1.76. The third-order valence-electron chi connectivity index (χ3n) is 5.33. The van der Waals surface area contributed by atoms with Gasteiger partial charge in [-0.05, 0) is 30.7 Å². The number of likely N-dealkylation sites (N-methyl/N-ethyl adjacent to an activating group) is 1. The Balaban J connectivity index is 1.87. The first-order chi connectivity index (χ1) is 11.9. The first kappa shape index (κ1) is 17.9. The van der Waals surface area contributed by atoms with Gasteiger partial charge < -0.3 is 14.5 Å². The Kier molecular flexibility index (Phi) is 5.13. The number of rotatable bonds is 2.